The number of carbonyl (C=O) groups excluding carboxylic acids is 1. The minimum Gasteiger partial charge on any atom is -0.508 e. The molecule has 8 rings (SSSR count). The van der Waals surface area contributed by atoms with Crippen LogP contribution in [-0.4, -0.2) is 86.8 Å². The van der Waals surface area contributed by atoms with Crippen molar-refractivity contribution in [2.75, 3.05) is 64.8 Å². The maximum absolute atomic E-state index is 10.9. The number of carbonyl (C=O) groups is 1. The van der Waals surface area contributed by atoms with E-state index >= 15 is 0 Å². The first kappa shape index (κ1) is 64.2. The van der Waals surface area contributed by atoms with Gasteiger partial charge < -0.3 is 84.3 Å². The number of sulfonamides is 1. The van der Waals surface area contributed by atoms with E-state index in [0.29, 0.717) is 51.5 Å². The van der Waals surface area contributed by atoms with Crippen molar-refractivity contribution >= 4 is 67.3 Å². The molecule has 7 aromatic carbocycles. The largest absolute Gasteiger partial charge is 0.508 e. The van der Waals surface area contributed by atoms with Crippen LogP contribution in [-0.2, 0) is 27.7 Å². The highest BCUT2D eigenvalue weighted by molar-refractivity contribution is 7.92. The molecule has 0 bridgehead atoms. The van der Waals surface area contributed by atoms with E-state index in [0.717, 1.165) is 19.1 Å². The smallest absolute Gasteiger partial charge is 0.229 e. The summed E-state index contributed by atoms with van der Waals surface area (Å²) in [6, 6.07) is 36.7. The van der Waals surface area contributed by atoms with Gasteiger partial charge in [0, 0.05) is 36.3 Å². The number of aliphatic hydroxyl groups excluding tert-OH is 1. The Morgan fingerprint density at radius 3 is 1.65 bits per heavy atom. The molecule has 0 unspecified atom stereocenters. The second kappa shape index (κ2) is 33.0. The third-order valence-electron chi connectivity index (χ3n) is 9.47. The Morgan fingerprint density at radius 2 is 1.13 bits per heavy atom. The van der Waals surface area contributed by atoms with Crippen molar-refractivity contribution in [2.24, 2.45) is 0 Å². The molecule has 7 aromatic rings. The number of phenolic OH excluding ortho intramolecular Hbond substituents is 8. The fraction of sp³-hybridized carbons (Fsp3) is 0.189. The van der Waals surface area contributed by atoms with E-state index in [2.05, 4.69) is 21.4 Å². The summed E-state index contributed by atoms with van der Waals surface area (Å²) in [6.45, 7) is 1.84. The molecule has 0 heterocycles. The highest BCUT2D eigenvalue weighted by Crippen LogP contribution is 2.30. The van der Waals surface area contributed by atoms with Crippen molar-refractivity contribution in [3.8, 4) is 51.7 Å². The molecule has 0 fully saturated rings. The molecule has 1 amide bonds. The number of hydrogen-bond donors (Lipinski definition) is 16. The predicted octanol–water partition coefficient (Wildman–Crippen LogP) is 8.69. The van der Waals surface area contributed by atoms with Crippen LogP contribution in [0.4, 0.5) is 39.8 Å². The fourth-order valence-electron chi connectivity index (χ4n) is 5.90. The lowest BCUT2D eigenvalue weighted by molar-refractivity contribution is -0.114. The summed E-state index contributed by atoms with van der Waals surface area (Å²) in [6.07, 6.45) is 5.71. The first-order valence-electron chi connectivity index (χ1n) is 22.1. The number of nitrogens with two attached hydrogens (primary N) is 4. The Bertz CT molecular complexity index is 2900. The molecule has 0 saturated heterocycles. The molecule has 0 aromatic heterocycles. The van der Waals surface area contributed by atoms with Crippen molar-refractivity contribution in [3.05, 3.63) is 156 Å². The molecule has 0 radical (unpaired) electrons. The number of benzene rings is 7. The molecule has 0 aliphatic heterocycles. The van der Waals surface area contributed by atoms with Gasteiger partial charge in [-0.1, -0.05) is 55.4 Å². The zero-order valence-electron chi connectivity index (χ0n) is 40.8. The van der Waals surface area contributed by atoms with E-state index in [9.17, 15) is 28.5 Å². The Hall–Kier alpha value is -8.79. The molecule has 0 saturated carbocycles. The maximum atomic E-state index is 10.9. The number of methoxy groups -OCH3 is 1. The summed E-state index contributed by atoms with van der Waals surface area (Å²) in [5.41, 5.74) is 26.3. The number of aliphatic hydroxyl groups is 1. The number of aryl methyl sites for hydroxylation is 1. The molecule has 1 aliphatic carbocycles. The number of halogens is 1. The number of nitrogen functional groups attached to an aromatic ring is 4. The minimum absolute atomic E-state index is 0. The SMILES string of the molecule is C.CC(=O)Nc1cc(O)ccc1O.COc1ccc(O)c(NS(C)(=O)=O)c1.Nc1cc(Cl)ccc1O.Nc1ccc(O)c(N)c1.Nc1ccccc1O.OCCNc1ccccc1O.Oc1cccc2c1CCCC2. The summed E-state index contributed by atoms with van der Waals surface area (Å²) in [5, 5.41) is 86.9. The standard InChI is InChI=1S/C10H12O.C8H11NO4S.C8H9NO3.C8H11NO2.C6H6ClNO.C6H8N2O.C6H7NO.CH4/c11-10-7-3-5-8-4-1-2-6-9(8)10;1-13-6-3-4-8(10)7(5-6)9-14(2,11)12;1-5(10)9-7-4-6(11)2-3-8(7)12;10-6-5-9-7-3-1-2-4-8(7)11;2*7-4-1-2-6(9)5(8)3-4;7-5-3-1-2-4-6(5)8;/h3,5,7,11H,1-2,4,6H2;3-5,9-10H,1-2H3;2-4,11-12H,1H3,(H,9,10);1-4,9-11H,5-6H2;1-3,9H,8H2;1-3,9H,7-8H2;1-4,8H,7H2;1H4. The van der Waals surface area contributed by atoms with Crippen molar-refractivity contribution in [1.82, 2.24) is 0 Å². The van der Waals surface area contributed by atoms with E-state index in [-0.39, 0.29) is 71.6 Å². The van der Waals surface area contributed by atoms with Gasteiger partial charge in [0.05, 0.1) is 54.1 Å². The lowest BCUT2D eigenvalue weighted by Crippen LogP contribution is -2.09. The second-order valence-electron chi connectivity index (χ2n) is 15.5. The van der Waals surface area contributed by atoms with Crippen LogP contribution >= 0.6 is 11.6 Å². The van der Waals surface area contributed by atoms with Crippen LogP contribution in [0.15, 0.2) is 140 Å². The topological polar surface area (TPSA) is 383 Å². The number of amides is 1. The van der Waals surface area contributed by atoms with Gasteiger partial charge in [0.25, 0.3) is 0 Å². The molecule has 0 atom stereocenters. The van der Waals surface area contributed by atoms with E-state index < -0.39 is 10.0 Å². The van der Waals surface area contributed by atoms with Gasteiger partial charge in [-0.15, -0.1) is 0 Å². The van der Waals surface area contributed by atoms with Gasteiger partial charge in [0.15, 0.2) is 0 Å². The van der Waals surface area contributed by atoms with Gasteiger partial charge in [0.2, 0.25) is 15.9 Å². The van der Waals surface area contributed by atoms with E-state index in [1.165, 1.54) is 98.7 Å². The summed E-state index contributed by atoms with van der Waals surface area (Å²) >= 11 is 5.53. The summed E-state index contributed by atoms with van der Waals surface area (Å²) in [4.78, 5) is 10.6. The molecule has 20 N–H and O–H groups in total. The van der Waals surface area contributed by atoms with Crippen LogP contribution < -0.4 is 43.0 Å². The van der Waals surface area contributed by atoms with E-state index in [4.69, 9.17) is 69.9 Å². The van der Waals surface area contributed by atoms with Gasteiger partial charge >= 0.3 is 0 Å². The first-order chi connectivity index (χ1) is 34.9. The summed E-state index contributed by atoms with van der Waals surface area (Å²) in [7, 11) is -1.94. The van der Waals surface area contributed by atoms with Crippen LogP contribution in [0, 0.1) is 0 Å². The molecule has 1 aliphatic rings. The molecule has 75 heavy (non-hydrogen) atoms. The number of anilines is 7. The average molecular weight is 1080 g/mol. The van der Waals surface area contributed by atoms with Crippen molar-refractivity contribution in [2.45, 2.75) is 40.0 Å². The number of para-hydroxylation sites is 4. The lowest BCUT2D eigenvalue weighted by atomic mass is 9.91. The average Bonchev–Trinajstić information content (AvgIpc) is 3.35. The number of nitrogens with one attached hydrogen (secondary N) is 3. The first-order valence-corrected chi connectivity index (χ1v) is 24.4. The predicted molar refractivity (Wildman–Crippen MR) is 299 cm³/mol. The number of ether oxygens (including phenoxy) is 1. The molecule has 406 valence electrons. The quantitative estimate of drug-likeness (QED) is 0.0403. The Labute approximate surface area is 441 Å². The van der Waals surface area contributed by atoms with Gasteiger partial charge in [0.1, 0.15) is 51.7 Å². The number of rotatable bonds is 7. The maximum Gasteiger partial charge on any atom is 0.229 e. The normalized spacial score (nSPS) is 10.5. The molecular weight excluding hydrogens is 1010 g/mol. The Morgan fingerprint density at radius 1 is 0.600 bits per heavy atom. The summed E-state index contributed by atoms with van der Waals surface area (Å²) < 4.78 is 28.8. The Balaban J connectivity index is 0.000000439. The van der Waals surface area contributed by atoms with Gasteiger partial charge in [-0.25, -0.2) is 8.42 Å². The van der Waals surface area contributed by atoms with Gasteiger partial charge in [-0.05, 0) is 128 Å². The third-order valence-corrected chi connectivity index (χ3v) is 10.3. The zero-order chi connectivity index (χ0) is 55.4. The fourth-order valence-corrected chi connectivity index (χ4v) is 6.64. The number of hydrogen-bond acceptors (Lipinski definition) is 18. The van der Waals surface area contributed by atoms with E-state index in [1.54, 1.807) is 60.7 Å². The molecule has 0 spiro atoms. The van der Waals surface area contributed by atoms with E-state index in [1.807, 2.05) is 12.1 Å². The van der Waals surface area contributed by atoms with Crippen molar-refractivity contribution in [3.63, 3.8) is 0 Å². The lowest BCUT2D eigenvalue weighted by Gasteiger charge is -2.15. The third kappa shape index (κ3) is 25.4. The highest BCUT2D eigenvalue weighted by Gasteiger charge is 2.12. The van der Waals surface area contributed by atoms with Crippen LogP contribution in [0.3, 0.4) is 0 Å². The van der Waals surface area contributed by atoms with Crippen molar-refractivity contribution in [1.29, 1.82) is 0 Å². The molecule has 22 heteroatoms. The van der Waals surface area contributed by atoms with Crippen LogP contribution in [0.2, 0.25) is 5.02 Å². The second-order valence-corrected chi connectivity index (χ2v) is 17.7. The van der Waals surface area contributed by atoms with Crippen molar-refractivity contribution < 1.29 is 63.9 Å². The summed E-state index contributed by atoms with van der Waals surface area (Å²) in [5.74, 6) is 0.944. The van der Waals surface area contributed by atoms with Crippen LogP contribution in [0.1, 0.15) is 38.3 Å². The Kier molecular flexibility index (Phi) is 28.3. The molecular formula is C53H68ClN7O13S. The van der Waals surface area contributed by atoms with Gasteiger partial charge in [-0.3, -0.25) is 9.52 Å². The van der Waals surface area contributed by atoms with Gasteiger partial charge in [-0.2, -0.15) is 0 Å². The monoisotopic (exact) mass is 1080 g/mol. The number of fused-ring (bicyclic) bond motifs is 1. The van der Waals surface area contributed by atoms with Crippen LogP contribution in [0.5, 0.6) is 51.7 Å². The number of phenols is 8. The highest BCUT2D eigenvalue weighted by atomic mass is 35.5. The van der Waals surface area contributed by atoms with Crippen LogP contribution in [0.25, 0.3) is 0 Å². The molecule has 20 nitrogen and oxygen atoms in total. The minimum atomic E-state index is -3.39. The number of aromatic hydroxyl groups is 8. The zero-order valence-corrected chi connectivity index (χ0v) is 42.3.